The van der Waals surface area contributed by atoms with Crippen LogP contribution in [-0.4, -0.2) is 42.5 Å². The molecule has 3 aliphatic rings. The second-order valence-electron chi connectivity index (χ2n) is 5.91. The normalized spacial score (nSPS) is 35.9. The van der Waals surface area contributed by atoms with Crippen molar-refractivity contribution in [1.29, 1.82) is 0 Å². The van der Waals surface area contributed by atoms with Gasteiger partial charge in [0.2, 0.25) is 0 Å². The van der Waals surface area contributed by atoms with Crippen LogP contribution in [-0.2, 0) is 25.7 Å². The van der Waals surface area contributed by atoms with E-state index in [0.717, 1.165) is 19.4 Å². The molecule has 0 aliphatic carbocycles. The minimum absolute atomic E-state index is 0.00639. The zero-order valence-electron chi connectivity index (χ0n) is 11.8. The predicted octanol–water partition coefficient (Wildman–Crippen LogP) is 1.52. The van der Waals surface area contributed by atoms with Crippen molar-refractivity contribution in [2.24, 2.45) is 5.92 Å². The van der Waals surface area contributed by atoms with E-state index in [4.69, 9.17) is 14.3 Å². The summed E-state index contributed by atoms with van der Waals surface area (Å²) in [5.74, 6) is -0.354. The zero-order valence-corrected chi connectivity index (χ0v) is 11.8. The summed E-state index contributed by atoms with van der Waals surface area (Å²) in [6, 6.07) is 10.2. The van der Waals surface area contributed by atoms with Crippen LogP contribution in [0.1, 0.15) is 18.4 Å². The fraction of sp³-hybridized carbons (Fsp3) is 0.562. The monoisotopic (exact) mass is 289 g/mol. The van der Waals surface area contributed by atoms with Crippen molar-refractivity contribution >= 4 is 5.97 Å². The van der Waals surface area contributed by atoms with Crippen molar-refractivity contribution in [2.75, 3.05) is 13.2 Å². The van der Waals surface area contributed by atoms with Gasteiger partial charge in [0.05, 0.1) is 12.1 Å². The lowest BCUT2D eigenvalue weighted by Gasteiger charge is -2.23. The molecule has 0 saturated carbocycles. The Morgan fingerprint density at radius 2 is 2.10 bits per heavy atom. The Bertz CT molecular complexity index is 514. The molecule has 3 aliphatic heterocycles. The number of ether oxygens (including phenoxy) is 2. The van der Waals surface area contributed by atoms with Crippen LogP contribution >= 0.6 is 0 Å². The Hall–Kier alpha value is -1.43. The SMILES string of the molecule is O=C1OC[C@H]2[C@@H]1[C@H]([C@@H]1CCCO1)ON2Cc1ccccc1. The topological polar surface area (TPSA) is 48.0 Å². The van der Waals surface area contributed by atoms with Crippen molar-refractivity contribution in [3.05, 3.63) is 35.9 Å². The van der Waals surface area contributed by atoms with E-state index < -0.39 is 0 Å². The molecular formula is C16H19NO4. The van der Waals surface area contributed by atoms with Crippen LogP contribution < -0.4 is 0 Å². The van der Waals surface area contributed by atoms with Gasteiger partial charge in [0.25, 0.3) is 0 Å². The number of hydroxylamine groups is 2. The molecule has 3 fully saturated rings. The lowest BCUT2D eigenvalue weighted by Crippen LogP contribution is -2.35. The zero-order chi connectivity index (χ0) is 14.2. The molecule has 0 bridgehead atoms. The molecule has 0 spiro atoms. The van der Waals surface area contributed by atoms with Gasteiger partial charge in [0.15, 0.2) is 0 Å². The third-order valence-electron chi connectivity index (χ3n) is 4.58. The van der Waals surface area contributed by atoms with Crippen molar-refractivity contribution in [1.82, 2.24) is 5.06 Å². The lowest BCUT2D eigenvalue weighted by molar-refractivity contribution is -0.203. The van der Waals surface area contributed by atoms with E-state index in [2.05, 4.69) is 12.1 Å². The first kappa shape index (κ1) is 13.2. The van der Waals surface area contributed by atoms with Gasteiger partial charge < -0.3 is 9.47 Å². The summed E-state index contributed by atoms with van der Waals surface area (Å²) in [4.78, 5) is 18.1. The maximum Gasteiger partial charge on any atom is 0.313 e. The summed E-state index contributed by atoms with van der Waals surface area (Å²) in [5, 5.41) is 1.91. The van der Waals surface area contributed by atoms with Crippen LogP contribution in [0.5, 0.6) is 0 Å². The maximum absolute atomic E-state index is 12.0. The number of esters is 1. The highest BCUT2D eigenvalue weighted by molar-refractivity contribution is 5.76. The maximum atomic E-state index is 12.0. The first-order valence-corrected chi connectivity index (χ1v) is 7.58. The van der Waals surface area contributed by atoms with Gasteiger partial charge in [-0.2, -0.15) is 5.06 Å². The standard InChI is InChI=1S/C16H19NO4/c18-16-14-12(10-20-16)17(9-11-5-2-1-3-6-11)21-15(14)13-7-4-8-19-13/h1-3,5-6,12-15H,4,7-10H2/t12-,13-,14+,15-/m0/s1. The molecule has 4 rings (SSSR count). The summed E-state index contributed by atoms with van der Waals surface area (Å²) in [7, 11) is 0. The summed E-state index contributed by atoms with van der Waals surface area (Å²) in [6.07, 6.45) is 1.82. The van der Waals surface area contributed by atoms with E-state index in [1.165, 1.54) is 5.56 Å². The average Bonchev–Trinajstić information content (AvgIpc) is 3.20. The fourth-order valence-corrected chi connectivity index (χ4v) is 3.52. The molecule has 4 atom stereocenters. The van der Waals surface area contributed by atoms with Gasteiger partial charge in [-0.25, -0.2) is 0 Å². The minimum atomic E-state index is -0.211. The highest BCUT2D eigenvalue weighted by Gasteiger charge is 2.55. The number of fused-ring (bicyclic) bond motifs is 1. The summed E-state index contributed by atoms with van der Waals surface area (Å²) in [5.41, 5.74) is 1.17. The summed E-state index contributed by atoms with van der Waals surface area (Å²) < 4.78 is 11.0. The molecular weight excluding hydrogens is 270 g/mol. The van der Waals surface area contributed by atoms with Crippen LogP contribution in [0.2, 0.25) is 0 Å². The van der Waals surface area contributed by atoms with Crippen LogP contribution in [0.25, 0.3) is 0 Å². The summed E-state index contributed by atoms with van der Waals surface area (Å²) >= 11 is 0. The number of rotatable bonds is 3. The third-order valence-corrected chi connectivity index (χ3v) is 4.58. The Kier molecular flexibility index (Phi) is 3.41. The molecule has 3 heterocycles. The van der Waals surface area contributed by atoms with E-state index in [1.807, 2.05) is 23.3 Å². The molecule has 112 valence electrons. The van der Waals surface area contributed by atoms with Crippen LogP contribution in [0, 0.1) is 5.92 Å². The number of carbonyl (C=O) groups is 1. The molecule has 0 radical (unpaired) electrons. The number of nitrogens with zero attached hydrogens (tertiary/aromatic N) is 1. The molecule has 0 aromatic heterocycles. The Morgan fingerprint density at radius 3 is 2.86 bits per heavy atom. The minimum Gasteiger partial charge on any atom is -0.464 e. The van der Waals surface area contributed by atoms with E-state index in [9.17, 15) is 4.79 Å². The second-order valence-corrected chi connectivity index (χ2v) is 5.91. The van der Waals surface area contributed by atoms with Crippen molar-refractivity contribution in [3.63, 3.8) is 0 Å². The van der Waals surface area contributed by atoms with Gasteiger partial charge in [-0.15, -0.1) is 0 Å². The third kappa shape index (κ3) is 2.35. The quantitative estimate of drug-likeness (QED) is 0.790. The highest BCUT2D eigenvalue weighted by atomic mass is 16.7. The number of benzene rings is 1. The van der Waals surface area contributed by atoms with Gasteiger partial charge in [-0.1, -0.05) is 30.3 Å². The number of cyclic esters (lactones) is 1. The first-order chi connectivity index (χ1) is 10.3. The van der Waals surface area contributed by atoms with Crippen LogP contribution in [0.3, 0.4) is 0 Å². The van der Waals surface area contributed by atoms with Gasteiger partial charge >= 0.3 is 5.97 Å². The Morgan fingerprint density at radius 1 is 1.24 bits per heavy atom. The van der Waals surface area contributed by atoms with E-state index in [1.54, 1.807) is 0 Å². The molecule has 0 unspecified atom stereocenters. The Balaban J connectivity index is 1.54. The van der Waals surface area contributed by atoms with Crippen LogP contribution in [0.15, 0.2) is 30.3 Å². The number of hydrogen-bond donors (Lipinski definition) is 0. The molecule has 1 aromatic carbocycles. The smallest absolute Gasteiger partial charge is 0.313 e. The molecule has 5 nitrogen and oxygen atoms in total. The van der Waals surface area contributed by atoms with Crippen molar-refractivity contribution in [3.8, 4) is 0 Å². The van der Waals surface area contributed by atoms with Crippen molar-refractivity contribution < 1.29 is 19.1 Å². The molecule has 21 heavy (non-hydrogen) atoms. The predicted molar refractivity (Wildman–Crippen MR) is 74.1 cm³/mol. The van der Waals surface area contributed by atoms with Gasteiger partial charge in [0, 0.05) is 13.2 Å². The number of hydrogen-bond acceptors (Lipinski definition) is 5. The van der Waals surface area contributed by atoms with Gasteiger partial charge in [-0.05, 0) is 18.4 Å². The molecule has 0 amide bonds. The Labute approximate surface area is 123 Å². The van der Waals surface area contributed by atoms with Gasteiger partial charge in [-0.3, -0.25) is 9.63 Å². The fourth-order valence-electron chi connectivity index (χ4n) is 3.52. The largest absolute Gasteiger partial charge is 0.464 e. The number of carbonyl (C=O) groups excluding carboxylic acids is 1. The molecule has 3 saturated heterocycles. The summed E-state index contributed by atoms with van der Waals surface area (Å²) in [6.45, 7) is 1.84. The molecule has 0 N–H and O–H groups in total. The lowest BCUT2D eigenvalue weighted by atomic mass is 9.92. The van der Waals surface area contributed by atoms with Crippen molar-refractivity contribution in [2.45, 2.75) is 37.6 Å². The first-order valence-electron chi connectivity index (χ1n) is 7.58. The van der Waals surface area contributed by atoms with Gasteiger partial charge in [0.1, 0.15) is 18.6 Å². The molecule has 1 aromatic rings. The second kappa shape index (κ2) is 5.40. The van der Waals surface area contributed by atoms with E-state index >= 15 is 0 Å². The van der Waals surface area contributed by atoms with Crippen LogP contribution in [0.4, 0.5) is 0 Å². The van der Waals surface area contributed by atoms with E-state index in [-0.39, 0.29) is 30.1 Å². The molecule has 5 heteroatoms. The van der Waals surface area contributed by atoms with E-state index in [0.29, 0.717) is 13.2 Å². The average molecular weight is 289 g/mol. The highest BCUT2D eigenvalue weighted by Crippen LogP contribution is 2.38.